The van der Waals surface area contributed by atoms with Gasteiger partial charge in [0.1, 0.15) is 0 Å². The maximum Gasteiger partial charge on any atom is 0.364 e. The van der Waals surface area contributed by atoms with Crippen molar-refractivity contribution in [3.63, 3.8) is 0 Å². The number of carbonyl (C=O) groups excluding carboxylic acids is 3. The van der Waals surface area contributed by atoms with Crippen LogP contribution in [0.15, 0.2) is 60.7 Å². The molecule has 1 aliphatic rings. The van der Waals surface area contributed by atoms with E-state index in [0.29, 0.717) is 16.0 Å². The molecule has 0 atom stereocenters. The van der Waals surface area contributed by atoms with Gasteiger partial charge in [0.15, 0.2) is 0 Å². The third-order valence-electron chi connectivity index (χ3n) is 4.29. The van der Waals surface area contributed by atoms with Gasteiger partial charge >= 0.3 is 5.97 Å². The summed E-state index contributed by atoms with van der Waals surface area (Å²) >= 11 is 0. The molecule has 0 unspecified atom stereocenters. The minimum Gasteiger partial charge on any atom is -0.324 e. The second-order valence-electron chi connectivity index (χ2n) is 5.80. The van der Waals surface area contributed by atoms with Gasteiger partial charge in [-0.3, -0.25) is 9.59 Å². The van der Waals surface area contributed by atoms with Crippen LogP contribution in [0.2, 0.25) is 0 Å². The van der Waals surface area contributed by atoms with Gasteiger partial charge in [0, 0.05) is 0 Å². The van der Waals surface area contributed by atoms with E-state index in [0.717, 1.165) is 10.9 Å². The van der Waals surface area contributed by atoms with E-state index in [4.69, 9.17) is 4.84 Å². The lowest BCUT2D eigenvalue weighted by Gasteiger charge is -2.14. The zero-order chi connectivity index (χ0) is 17.6. The summed E-state index contributed by atoms with van der Waals surface area (Å²) in [6.07, 6.45) is 0. The van der Waals surface area contributed by atoms with E-state index >= 15 is 0 Å². The minimum absolute atomic E-state index is 0.231. The summed E-state index contributed by atoms with van der Waals surface area (Å²) in [5, 5.41) is 2.16. The Bertz CT molecular complexity index is 1020. The zero-order valence-electron chi connectivity index (χ0n) is 13.4. The first kappa shape index (κ1) is 15.1. The van der Waals surface area contributed by atoms with Crippen molar-refractivity contribution in [1.29, 1.82) is 0 Å². The van der Waals surface area contributed by atoms with Crippen molar-refractivity contribution in [3.8, 4) is 0 Å². The van der Waals surface area contributed by atoms with Crippen LogP contribution >= 0.6 is 0 Å². The summed E-state index contributed by atoms with van der Waals surface area (Å²) in [5.41, 5.74) is 1.79. The highest BCUT2D eigenvalue weighted by Crippen LogP contribution is 2.26. The number of fused-ring (bicyclic) bond motifs is 2. The molecular weight excluding hydrogens is 318 g/mol. The van der Waals surface area contributed by atoms with E-state index in [1.807, 2.05) is 25.1 Å². The number of rotatable bonds is 2. The van der Waals surface area contributed by atoms with Crippen molar-refractivity contribution in [2.24, 2.45) is 0 Å². The molecule has 0 aromatic heterocycles. The van der Waals surface area contributed by atoms with Gasteiger partial charge in [-0.25, -0.2) is 4.79 Å². The molecule has 4 rings (SSSR count). The molecule has 0 radical (unpaired) electrons. The molecule has 3 aromatic rings. The highest BCUT2D eigenvalue weighted by molar-refractivity contribution is 6.21. The Morgan fingerprint density at radius 3 is 2.08 bits per heavy atom. The average molecular weight is 331 g/mol. The summed E-state index contributed by atoms with van der Waals surface area (Å²) in [6.45, 7) is 1.95. The Balaban J connectivity index is 1.70. The van der Waals surface area contributed by atoms with Crippen LogP contribution in [-0.4, -0.2) is 22.8 Å². The number of amides is 2. The Morgan fingerprint density at radius 2 is 1.40 bits per heavy atom. The maximum atomic E-state index is 12.6. The number of hydrogen-bond acceptors (Lipinski definition) is 4. The van der Waals surface area contributed by atoms with Gasteiger partial charge in [0.25, 0.3) is 11.8 Å². The molecule has 1 heterocycles. The second-order valence-corrected chi connectivity index (χ2v) is 5.80. The predicted octanol–water partition coefficient (Wildman–Crippen LogP) is 3.52. The highest BCUT2D eigenvalue weighted by Gasteiger charge is 2.38. The molecule has 3 aromatic carbocycles. The number of hydrogen-bond donors (Lipinski definition) is 0. The normalized spacial score (nSPS) is 13.2. The fourth-order valence-corrected chi connectivity index (χ4v) is 3.03. The van der Waals surface area contributed by atoms with E-state index < -0.39 is 17.8 Å². The van der Waals surface area contributed by atoms with Crippen LogP contribution in [0.5, 0.6) is 0 Å². The van der Waals surface area contributed by atoms with E-state index in [2.05, 4.69) is 0 Å². The summed E-state index contributed by atoms with van der Waals surface area (Å²) in [4.78, 5) is 42.4. The average Bonchev–Trinajstić information content (AvgIpc) is 2.87. The standard InChI is InChI=1S/C20H13NO4/c1-12-6-4-10-14-13(12)9-5-11-17(14)20(24)25-21-18(22)15-7-2-3-8-16(15)19(21)23/h2-11H,1H3. The van der Waals surface area contributed by atoms with E-state index in [-0.39, 0.29) is 11.1 Å². The number of nitrogens with zero attached hydrogens (tertiary/aromatic N) is 1. The van der Waals surface area contributed by atoms with Crippen LogP contribution in [0.4, 0.5) is 0 Å². The first-order valence-corrected chi connectivity index (χ1v) is 7.76. The first-order valence-electron chi connectivity index (χ1n) is 7.76. The Kier molecular flexibility index (Phi) is 3.35. The smallest absolute Gasteiger partial charge is 0.324 e. The number of benzene rings is 3. The maximum absolute atomic E-state index is 12.6. The lowest BCUT2D eigenvalue weighted by atomic mass is 10.0. The van der Waals surface area contributed by atoms with Crippen LogP contribution < -0.4 is 0 Å². The lowest BCUT2D eigenvalue weighted by molar-refractivity contribution is -0.0583. The third-order valence-corrected chi connectivity index (χ3v) is 4.29. The van der Waals surface area contributed by atoms with Gasteiger partial charge in [-0.15, -0.1) is 0 Å². The van der Waals surface area contributed by atoms with Crippen LogP contribution in [0.1, 0.15) is 36.6 Å². The zero-order valence-corrected chi connectivity index (χ0v) is 13.4. The Labute approximate surface area is 143 Å². The molecule has 1 aliphatic heterocycles. The van der Waals surface area contributed by atoms with Gasteiger partial charge < -0.3 is 4.84 Å². The van der Waals surface area contributed by atoms with Crippen molar-refractivity contribution < 1.29 is 19.2 Å². The van der Waals surface area contributed by atoms with Gasteiger partial charge in [0.05, 0.1) is 16.7 Å². The minimum atomic E-state index is -0.745. The Morgan fingerprint density at radius 1 is 0.800 bits per heavy atom. The van der Waals surface area contributed by atoms with Crippen molar-refractivity contribution in [2.75, 3.05) is 0 Å². The van der Waals surface area contributed by atoms with E-state index in [1.165, 1.54) is 12.1 Å². The Hall–Kier alpha value is -3.47. The molecule has 0 spiro atoms. The molecule has 25 heavy (non-hydrogen) atoms. The van der Waals surface area contributed by atoms with Gasteiger partial charge in [0.2, 0.25) is 0 Å². The van der Waals surface area contributed by atoms with E-state index in [9.17, 15) is 14.4 Å². The molecule has 0 saturated heterocycles. The number of carbonyl (C=O) groups is 3. The molecule has 122 valence electrons. The van der Waals surface area contributed by atoms with Crippen molar-refractivity contribution in [2.45, 2.75) is 6.92 Å². The van der Waals surface area contributed by atoms with Crippen LogP contribution in [0.3, 0.4) is 0 Å². The van der Waals surface area contributed by atoms with Gasteiger partial charge in [-0.2, -0.15) is 0 Å². The molecule has 0 saturated carbocycles. The fraction of sp³-hybridized carbons (Fsp3) is 0.0500. The van der Waals surface area contributed by atoms with Crippen molar-refractivity contribution in [1.82, 2.24) is 5.06 Å². The van der Waals surface area contributed by atoms with Gasteiger partial charge in [-0.1, -0.05) is 47.5 Å². The molecule has 5 heteroatoms. The summed E-state index contributed by atoms with van der Waals surface area (Å²) in [5.74, 6) is -2.01. The fourth-order valence-electron chi connectivity index (χ4n) is 3.03. The molecular formula is C20H13NO4. The summed E-state index contributed by atoms with van der Waals surface area (Å²) in [7, 11) is 0. The van der Waals surface area contributed by atoms with Crippen LogP contribution in [0.25, 0.3) is 10.8 Å². The molecule has 5 nitrogen and oxygen atoms in total. The van der Waals surface area contributed by atoms with E-state index in [1.54, 1.807) is 30.3 Å². The van der Waals surface area contributed by atoms with Crippen LogP contribution in [-0.2, 0) is 4.84 Å². The van der Waals surface area contributed by atoms with Crippen molar-refractivity contribution >= 4 is 28.6 Å². The molecule has 0 fully saturated rings. The number of aryl methyl sites for hydroxylation is 1. The van der Waals surface area contributed by atoms with Crippen molar-refractivity contribution in [3.05, 3.63) is 82.9 Å². The number of hydroxylamine groups is 2. The largest absolute Gasteiger partial charge is 0.364 e. The highest BCUT2D eigenvalue weighted by atomic mass is 16.7. The lowest BCUT2D eigenvalue weighted by Crippen LogP contribution is -2.32. The topological polar surface area (TPSA) is 63.7 Å². The quantitative estimate of drug-likeness (QED) is 0.674. The second kappa shape index (κ2) is 5.56. The third kappa shape index (κ3) is 2.29. The predicted molar refractivity (Wildman–Crippen MR) is 91.0 cm³/mol. The molecule has 0 N–H and O–H groups in total. The number of imide groups is 1. The molecule has 0 bridgehead atoms. The summed E-state index contributed by atoms with van der Waals surface area (Å²) < 4.78 is 0. The molecule has 2 amide bonds. The van der Waals surface area contributed by atoms with Crippen LogP contribution in [0, 0.1) is 6.92 Å². The molecule has 0 aliphatic carbocycles. The monoisotopic (exact) mass is 331 g/mol. The first-order chi connectivity index (χ1) is 12.1. The summed E-state index contributed by atoms with van der Waals surface area (Å²) in [6, 6.07) is 17.2. The van der Waals surface area contributed by atoms with Gasteiger partial charge in [-0.05, 0) is 41.5 Å². The SMILES string of the molecule is Cc1cccc2c(C(=O)ON3C(=O)c4ccccc4C3=O)cccc12.